The molecule has 4 N–H and O–H groups in total. The molecule has 3 rings (SSSR count). The fraction of sp³-hybridized carbons (Fsp3) is 0.269. The second-order valence-corrected chi connectivity index (χ2v) is 8.79. The smallest absolute Gasteiger partial charge is 0.323 e. The first-order valence-corrected chi connectivity index (χ1v) is 12.3. The van der Waals surface area contributed by atoms with Gasteiger partial charge in [0.1, 0.15) is 56.5 Å². The number of carboxylic acid groups (broad SMARTS) is 4. The van der Waals surface area contributed by atoms with Crippen LogP contribution in [0.3, 0.4) is 0 Å². The van der Waals surface area contributed by atoms with Crippen LogP contribution in [-0.2, 0) is 19.2 Å². The van der Waals surface area contributed by atoms with Crippen molar-refractivity contribution in [1.29, 1.82) is 0 Å². The van der Waals surface area contributed by atoms with Crippen molar-refractivity contribution in [2.75, 3.05) is 49.2 Å². The summed E-state index contributed by atoms with van der Waals surface area (Å²) >= 11 is 0. The number of carbonyl (C=O) groups is 5. The quantitative estimate of drug-likeness (QED) is 0.0572. The van der Waals surface area contributed by atoms with Crippen molar-refractivity contribution in [3.05, 3.63) is 52.6 Å². The van der Waals surface area contributed by atoms with E-state index in [4.69, 9.17) is 19.4 Å². The van der Waals surface area contributed by atoms with Crippen molar-refractivity contribution < 1.29 is 58.3 Å². The predicted octanol–water partition coefficient (Wildman–Crippen LogP) is 2.99. The molecule has 0 aliphatic carbocycles. The third kappa shape index (κ3) is 8.27. The summed E-state index contributed by atoms with van der Waals surface area (Å²) in [7, 11) is 0. The molecule has 3 aromatic rings. The third-order valence-corrected chi connectivity index (χ3v) is 5.66. The molecule has 226 valence electrons. The molecule has 0 aliphatic rings. The van der Waals surface area contributed by atoms with Crippen molar-refractivity contribution in [1.82, 2.24) is 0 Å². The lowest BCUT2D eigenvalue weighted by Crippen LogP contribution is -2.35. The summed E-state index contributed by atoms with van der Waals surface area (Å²) < 4.78 is 17.1. The number of carbonyl (C=O) groups excluding carboxylic acids is 1. The molecule has 0 amide bonds. The Morgan fingerprint density at radius 1 is 0.814 bits per heavy atom. The molecule has 0 aliphatic heterocycles. The predicted molar refractivity (Wildman–Crippen MR) is 147 cm³/mol. The van der Waals surface area contributed by atoms with E-state index < -0.39 is 55.8 Å². The number of rotatable bonds is 17. The molecule has 1 heterocycles. The van der Waals surface area contributed by atoms with Crippen molar-refractivity contribution in [3.8, 4) is 11.5 Å². The van der Waals surface area contributed by atoms with Crippen LogP contribution < -0.4 is 19.3 Å². The number of fused-ring (bicyclic) bond motifs is 1. The van der Waals surface area contributed by atoms with Gasteiger partial charge in [0.05, 0.1) is 17.1 Å². The maximum Gasteiger partial charge on any atom is 0.323 e. The lowest BCUT2D eigenvalue weighted by atomic mass is 10.1. The summed E-state index contributed by atoms with van der Waals surface area (Å²) in [4.78, 5) is 62.5. The van der Waals surface area contributed by atoms with Crippen LogP contribution in [0.2, 0.25) is 0 Å². The Morgan fingerprint density at radius 2 is 1.33 bits per heavy atom. The summed E-state index contributed by atoms with van der Waals surface area (Å²) in [6.45, 7) is -1.96. The number of Topliss-reactive ketones (excluding diaryl/α,β-unsaturated/α-hetero) is 1. The van der Waals surface area contributed by atoms with Crippen molar-refractivity contribution in [2.45, 2.75) is 6.92 Å². The Morgan fingerprint density at radius 3 is 1.84 bits per heavy atom. The molecule has 0 saturated heterocycles. The lowest BCUT2D eigenvalue weighted by molar-refractivity contribution is -0.138. The number of ether oxygens (including phenoxy) is 2. The van der Waals surface area contributed by atoms with Gasteiger partial charge in [-0.05, 0) is 23.7 Å². The van der Waals surface area contributed by atoms with Crippen molar-refractivity contribution in [2.24, 2.45) is 5.11 Å². The fourth-order valence-electron chi connectivity index (χ4n) is 4.09. The van der Waals surface area contributed by atoms with E-state index in [-0.39, 0.29) is 58.5 Å². The number of nitrogens with zero attached hydrogens (tertiary/aromatic N) is 5. The molecule has 43 heavy (non-hydrogen) atoms. The van der Waals surface area contributed by atoms with E-state index in [1.165, 1.54) is 31.2 Å². The van der Waals surface area contributed by atoms with Gasteiger partial charge in [-0.3, -0.25) is 24.0 Å². The summed E-state index contributed by atoms with van der Waals surface area (Å²) in [5.41, 5.74) is 9.02. The minimum Gasteiger partial charge on any atom is -0.488 e. The summed E-state index contributed by atoms with van der Waals surface area (Å²) in [6.07, 6.45) is 0. The number of anilines is 2. The third-order valence-electron chi connectivity index (χ3n) is 5.66. The van der Waals surface area contributed by atoms with Gasteiger partial charge < -0.3 is 44.1 Å². The van der Waals surface area contributed by atoms with E-state index in [0.717, 1.165) is 9.80 Å². The number of hydrogen-bond donors (Lipinski definition) is 4. The number of furan rings is 1. The molecule has 0 spiro atoms. The molecular formula is C26H25N5O12. The van der Waals surface area contributed by atoms with Gasteiger partial charge in [0.15, 0.2) is 11.5 Å². The molecule has 17 nitrogen and oxygen atoms in total. The maximum atomic E-state index is 12.1. The van der Waals surface area contributed by atoms with Gasteiger partial charge in [-0.15, -0.1) is 0 Å². The Bertz CT molecular complexity index is 1580. The van der Waals surface area contributed by atoms with Crippen LogP contribution >= 0.6 is 0 Å². The van der Waals surface area contributed by atoms with E-state index in [2.05, 4.69) is 10.0 Å². The minimum absolute atomic E-state index is 0.00198. The highest BCUT2D eigenvalue weighted by Gasteiger charge is 2.24. The molecule has 1 aromatic heterocycles. The summed E-state index contributed by atoms with van der Waals surface area (Å²) in [5, 5.41) is 40.8. The molecule has 0 unspecified atom stereocenters. The largest absolute Gasteiger partial charge is 0.488 e. The van der Waals surface area contributed by atoms with Crippen LogP contribution in [0.4, 0.5) is 17.1 Å². The van der Waals surface area contributed by atoms with Crippen LogP contribution in [0, 0.1) is 0 Å². The molecule has 0 radical (unpaired) electrons. The van der Waals surface area contributed by atoms with Crippen LogP contribution in [0.15, 0.2) is 45.9 Å². The highest BCUT2D eigenvalue weighted by molar-refractivity contribution is 6.06. The molecule has 2 aromatic carbocycles. The highest BCUT2D eigenvalue weighted by Crippen LogP contribution is 2.41. The number of ketones is 1. The Kier molecular flexibility index (Phi) is 10.3. The van der Waals surface area contributed by atoms with Gasteiger partial charge in [-0.1, -0.05) is 17.2 Å². The minimum atomic E-state index is -1.35. The van der Waals surface area contributed by atoms with Crippen LogP contribution in [0.25, 0.3) is 21.4 Å². The summed E-state index contributed by atoms with van der Waals surface area (Å²) in [6, 6.07) is 8.68. The standard InChI is InChI=1S/C26H25N5O12/c1-14(32)26-25(28-29-27)15-8-20(17(9-19(15)43-26)31(12-23(37)38)13-24(39)40)42-7-6-41-18-5-3-2-4-16(18)30(10-21(33)34)11-22(35)36/h2-5,8-9H,6-7,10-13H2,1H3,(H,33,34)(H,35,36)(H,37,38)(H,39,40). The van der Waals surface area contributed by atoms with Gasteiger partial charge >= 0.3 is 23.9 Å². The number of benzene rings is 2. The molecule has 0 atom stereocenters. The molecular weight excluding hydrogens is 574 g/mol. The number of aliphatic carboxylic acids is 4. The van der Waals surface area contributed by atoms with Crippen LogP contribution in [0.1, 0.15) is 17.5 Å². The fourth-order valence-corrected chi connectivity index (χ4v) is 4.09. The zero-order valence-electron chi connectivity index (χ0n) is 22.5. The van der Waals surface area contributed by atoms with E-state index in [1.807, 2.05) is 0 Å². The van der Waals surface area contributed by atoms with Crippen LogP contribution in [-0.4, -0.2) is 89.5 Å². The van der Waals surface area contributed by atoms with Gasteiger partial charge in [0.25, 0.3) is 0 Å². The van der Waals surface area contributed by atoms with Crippen LogP contribution in [0.5, 0.6) is 11.5 Å². The number of azide groups is 1. The molecule has 0 bridgehead atoms. The zero-order valence-corrected chi connectivity index (χ0v) is 22.5. The van der Waals surface area contributed by atoms with Crippen molar-refractivity contribution in [3.63, 3.8) is 0 Å². The molecule has 0 fully saturated rings. The first-order valence-electron chi connectivity index (χ1n) is 12.3. The summed E-state index contributed by atoms with van der Waals surface area (Å²) in [5.74, 6) is -5.97. The van der Waals surface area contributed by atoms with Gasteiger partial charge in [0.2, 0.25) is 0 Å². The SMILES string of the molecule is CC(=O)c1oc2cc(N(CC(=O)O)CC(=O)O)c(OCCOc3ccccc3N(CC(=O)O)CC(=O)O)cc2c1N=[N+]=[N-]. The number of para-hydroxylation sites is 2. The zero-order chi connectivity index (χ0) is 31.7. The van der Waals surface area contributed by atoms with Gasteiger partial charge in [-0.2, -0.15) is 0 Å². The van der Waals surface area contributed by atoms with E-state index in [1.54, 1.807) is 12.1 Å². The number of carboxylic acids is 4. The van der Waals surface area contributed by atoms with Gasteiger partial charge in [-0.25, -0.2) is 0 Å². The Labute approximate surface area is 241 Å². The average Bonchev–Trinajstić information content (AvgIpc) is 3.27. The maximum absolute atomic E-state index is 12.1. The monoisotopic (exact) mass is 599 g/mol. The second-order valence-electron chi connectivity index (χ2n) is 8.79. The Hall–Kier alpha value is -5.96. The molecule has 0 saturated carbocycles. The molecule has 17 heteroatoms. The second kappa shape index (κ2) is 14.1. The first kappa shape index (κ1) is 31.6. The normalized spacial score (nSPS) is 10.4. The lowest BCUT2D eigenvalue weighted by Gasteiger charge is -2.24. The van der Waals surface area contributed by atoms with E-state index in [0.29, 0.717) is 0 Å². The topological polar surface area (TPSA) is 253 Å². The highest BCUT2D eigenvalue weighted by atomic mass is 16.5. The van der Waals surface area contributed by atoms with E-state index in [9.17, 15) is 44.4 Å². The average molecular weight is 600 g/mol. The van der Waals surface area contributed by atoms with Gasteiger partial charge in [0, 0.05) is 23.3 Å². The first-order chi connectivity index (χ1) is 20.4. The Balaban J connectivity index is 1.96. The van der Waals surface area contributed by atoms with Crippen molar-refractivity contribution >= 4 is 57.7 Å². The van der Waals surface area contributed by atoms with E-state index >= 15 is 0 Å². The number of hydrogen-bond acceptors (Lipinski definition) is 11.